The maximum Gasteiger partial charge on any atom is 0.573 e. The zero-order valence-electron chi connectivity index (χ0n) is 17.0. The molecule has 6 nitrogen and oxygen atoms in total. The number of carbonyl (C=O) groups excluding carboxylic acids is 1. The molecule has 0 fully saturated rings. The molecule has 0 spiro atoms. The summed E-state index contributed by atoms with van der Waals surface area (Å²) in [4.78, 5) is 15.4. The van der Waals surface area contributed by atoms with E-state index >= 15 is 0 Å². The van der Waals surface area contributed by atoms with Crippen molar-refractivity contribution in [1.82, 2.24) is 4.98 Å². The number of carbonyl (C=O) groups is 1. The molecule has 0 bridgehead atoms. The molecule has 3 aromatic rings. The second-order valence-corrected chi connectivity index (χ2v) is 6.81. The number of hydrogen-bond acceptors (Lipinski definition) is 6. The number of hydrogen-bond donors (Lipinski definition) is 0. The Morgan fingerprint density at radius 1 is 1.10 bits per heavy atom. The minimum Gasteiger partial charge on any atom is -0.545 e. The van der Waals surface area contributed by atoms with Crippen molar-refractivity contribution in [2.45, 2.75) is 40.2 Å². The Morgan fingerprint density at radius 2 is 1.74 bits per heavy atom. The summed E-state index contributed by atoms with van der Waals surface area (Å²) in [6.07, 6.45) is -5.75. The number of rotatable bonds is 6. The van der Waals surface area contributed by atoms with Gasteiger partial charge in [0.1, 0.15) is 17.2 Å². The van der Waals surface area contributed by atoms with Crippen LogP contribution in [0.15, 0.2) is 36.4 Å². The Bertz CT molecular complexity index is 1110. The molecule has 1 aromatic heterocycles. The number of halogens is 3. The van der Waals surface area contributed by atoms with Crippen LogP contribution in [0.25, 0.3) is 10.9 Å². The Kier molecular flexibility index (Phi) is 6.24. The monoisotopic (exact) mass is 434 g/mol. The maximum atomic E-state index is 12.3. The third kappa shape index (κ3) is 5.36. The highest BCUT2D eigenvalue weighted by Crippen LogP contribution is 2.34. The van der Waals surface area contributed by atoms with Gasteiger partial charge in [-0.3, -0.25) is 4.98 Å². The van der Waals surface area contributed by atoms with E-state index in [1.165, 1.54) is 12.1 Å². The fourth-order valence-corrected chi connectivity index (χ4v) is 3.22. The predicted molar refractivity (Wildman–Crippen MR) is 104 cm³/mol. The summed E-state index contributed by atoms with van der Waals surface area (Å²) in [5.41, 5.74) is 3.66. The van der Waals surface area contributed by atoms with Crippen molar-refractivity contribution in [2.75, 3.05) is 0 Å². The second-order valence-electron chi connectivity index (χ2n) is 6.81. The first-order valence-electron chi connectivity index (χ1n) is 9.37. The molecule has 3 rings (SSSR count). The number of fused-ring (bicyclic) bond motifs is 1. The summed E-state index contributed by atoms with van der Waals surface area (Å²) >= 11 is 0. The maximum absolute atomic E-state index is 12.3. The van der Waals surface area contributed by atoms with Gasteiger partial charge in [0.2, 0.25) is 0 Å². The summed E-state index contributed by atoms with van der Waals surface area (Å²) in [6.45, 7) is 5.38. The molecular formula is C22H19F3NO5-. The van der Waals surface area contributed by atoms with Crippen LogP contribution in [0, 0.1) is 13.8 Å². The summed E-state index contributed by atoms with van der Waals surface area (Å²) in [5, 5.41) is 11.4. The van der Waals surface area contributed by atoms with Crippen LogP contribution in [0.4, 0.5) is 18.0 Å². The summed E-state index contributed by atoms with van der Waals surface area (Å²) in [5.74, 6) is 0.389. The van der Waals surface area contributed by atoms with Gasteiger partial charge >= 0.3 is 6.36 Å². The molecule has 0 aliphatic heterocycles. The normalized spacial score (nSPS) is 11.4. The van der Waals surface area contributed by atoms with E-state index in [0.717, 1.165) is 29.0 Å². The summed E-state index contributed by atoms with van der Waals surface area (Å²) in [7, 11) is 0. The van der Waals surface area contributed by atoms with Crippen molar-refractivity contribution >= 4 is 17.1 Å². The summed E-state index contributed by atoms with van der Waals surface area (Å²) < 4.78 is 51.3. The molecule has 1 heterocycles. The fraction of sp³-hybridized carbons (Fsp3) is 0.273. The fourth-order valence-electron chi connectivity index (χ4n) is 3.22. The molecule has 0 aliphatic carbocycles. The Balaban J connectivity index is 1.98. The van der Waals surface area contributed by atoms with Gasteiger partial charge in [-0.15, -0.1) is 13.2 Å². The Labute approximate surface area is 176 Å². The lowest BCUT2D eigenvalue weighted by Gasteiger charge is -2.18. The highest BCUT2D eigenvalue weighted by atomic mass is 19.4. The lowest BCUT2D eigenvalue weighted by molar-refractivity contribution is -0.284. The molecule has 0 aliphatic rings. The standard InChI is InChI=1S/C22H20F3NO5/c1-4-18-13(3)17(11-29-21(27)28)16-10-20(12(2)9-19(16)26-18)30-14-5-7-15(8-6-14)31-22(23,24)25/h5-10H,4,11H2,1-3H3,(H,27,28)/p-1. The topological polar surface area (TPSA) is 80.7 Å². The van der Waals surface area contributed by atoms with Crippen LogP contribution in [0.3, 0.4) is 0 Å². The molecule has 0 unspecified atom stereocenters. The van der Waals surface area contributed by atoms with Crippen molar-refractivity contribution in [3.05, 3.63) is 58.8 Å². The zero-order chi connectivity index (χ0) is 22.8. The van der Waals surface area contributed by atoms with Gasteiger partial charge < -0.3 is 24.1 Å². The number of alkyl halides is 3. The number of carboxylic acid groups (broad SMARTS) is 1. The van der Waals surface area contributed by atoms with Gasteiger partial charge in [-0.1, -0.05) is 6.92 Å². The lowest BCUT2D eigenvalue weighted by atomic mass is 9.99. The van der Waals surface area contributed by atoms with Gasteiger partial charge in [-0.05, 0) is 73.4 Å². The molecule has 164 valence electrons. The van der Waals surface area contributed by atoms with E-state index in [1.807, 2.05) is 13.8 Å². The van der Waals surface area contributed by atoms with Crippen LogP contribution >= 0.6 is 0 Å². The quantitative estimate of drug-likeness (QED) is 0.510. The van der Waals surface area contributed by atoms with E-state index in [-0.39, 0.29) is 12.4 Å². The van der Waals surface area contributed by atoms with Crippen LogP contribution < -0.4 is 14.6 Å². The first-order valence-corrected chi connectivity index (χ1v) is 9.37. The molecule has 2 aromatic carbocycles. The highest BCUT2D eigenvalue weighted by molar-refractivity contribution is 5.86. The number of benzene rings is 2. The average molecular weight is 434 g/mol. The number of nitrogens with zero attached hydrogens (tertiary/aromatic N) is 1. The van der Waals surface area contributed by atoms with E-state index < -0.39 is 12.5 Å². The van der Waals surface area contributed by atoms with Crippen LogP contribution in [0.2, 0.25) is 0 Å². The van der Waals surface area contributed by atoms with Crippen molar-refractivity contribution in [3.63, 3.8) is 0 Å². The Morgan fingerprint density at radius 3 is 2.32 bits per heavy atom. The highest BCUT2D eigenvalue weighted by Gasteiger charge is 2.31. The smallest absolute Gasteiger partial charge is 0.545 e. The van der Waals surface area contributed by atoms with Crippen LogP contribution in [0.5, 0.6) is 17.2 Å². The van der Waals surface area contributed by atoms with E-state index in [2.05, 4.69) is 14.5 Å². The van der Waals surface area contributed by atoms with Gasteiger partial charge in [-0.2, -0.15) is 0 Å². The van der Waals surface area contributed by atoms with Gasteiger partial charge in [0.05, 0.1) is 12.1 Å². The van der Waals surface area contributed by atoms with Crippen LogP contribution in [-0.2, 0) is 17.8 Å². The largest absolute Gasteiger partial charge is 0.573 e. The minimum absolute atomic E-state index is 0.202. The minimum atomic E-state index is -4.77. The third-order valence-corrected chi connectivity index (χ3v) is 4.71. The molecule has 31 heavy (non-hydrogen) atoms. The first kappa shape index (κ1) is 22.2. The van der Waals surface area contributed by atoms with Crippen LogP contribution in [0.1, 0.15) is 29.3 Å². The molecular weight excluding hydrogens is 415 g/mol. The third-order valence-electron chi connectivity index (χ3n) is 4.71. The van der Waals surface area contributed by atoms with Crippen molar-refractivity contribution in [1.29, 1.82) is 0 Å². The van der Waals surface area contributed by atoms with E-state index in [9.17, 15) is 23.1 Å². The second kappa shape index (κ2) is 8.71. The molecule has 0 atom stereocenters. The first-order chi connectivity index (χ1) is 14.6. The zero-order valence-corrected chi connectivity index (χ0v) is 17.0. The number of aromatic nitrogens is 1. The molecule has 0 amide bonds. The van der Waals surface area contributed by atoms with E-state index in [0.29, 0.717) is 34.4 Å². The average Bonchev–Trinajstić information content (AvgIpc) is 2.68. The predicted octanol–water partition coefficient (Wildman–Crippen LogP) is 4.96. The number of pyridine rings is 1. The van der Waals surface area contributed by atoms with Gasteiger partial charge in [0, 0.05) is 11.1 Å². The van der Waals surface area contributed by atoms with Gasteiger partial charge in [-0.25, -0.2) is 0 Å². The number of ether oxygens (including phenoxy) is 3. The van der Waals surface area contributed by atoms with Crippen molar-refractivity contribution < 1.29 is 37.3 Å². The lowest BCUT2D eigenvalue weighted by Crippen LogP contribution is -2.23. The van der Waals surface area contributed by atoms with Crippen molar-refractivity contribution in [2.24, 2.45) is 0 Å². The molecule has 0 radical (unpaired) electrons. The SMILES string of the molecule is CCc1nc2cc(C)c(Oc3ccc(OC(F)(F)F)cc3)cc2c(COC(=O)[O-])c1C. The molecule has 0 saturated heterocycles. The van der Waals surface area contributed by atoms with Crippen molar-refractivity contribution in [3.8, 4) is 17.2 Å². The van der Waals surface area contributed by atoms with Gasteiger partial charge in [0.15, 0.2) is 0 Å². The van der Waals surface area contributed by atoms with Gasteiger partial charge in [0.25, 0.3) is 6.16 Å². The number of aryl methyl sites for hydroxylation is 2. The Hall–Kier alpha value is -3.49. The molecule has 0 saturated carbocycles. The van der Waals surface area contributed by atoms with Crippen LogP contribution in [-0.4, -0.2) is 17.5 Å². The van der Waals surface area contributed by atoms with E-state index in [1.54, 1.807) is 19.1 Å². The van der Waals surface area contributed by atoms with E-state index in [4.69, 9.17) is 4.74 Å². The molecule has 0 N–H and O–H groups in total. The summed E-state index contributed by atoms with van der Waals surface area (Å²) in [6, 6.07) is 8.52. The molecule has 9 heteroatoms.